The predicted octanol–water partition coefficient (Wildman–Crippen LogP) is 5.91. The number of rotatable bonds is 7. The molecule has 156 valence electrons. The number of benzene rings is 2. The second-order valence-corrected chi connectivity index (χ2v) is 8.90. The molecular formula is C25H27ClN2O2. The maximum atomic E-state index is 6.45. The molecule has 30 heavy (non-hydrogen) atoms. The van der Waals surface area contributed by atoms with Crippen LogP contribution in [0.1, 0.15) is 49.8 Å². The molecule has 1 aromatic heterocycles. The van der Waals surface area contributed by atoms with Gasteiger partial charge in [0.25, 0.3) is 0 Å². The second kappa shape index (κ2) is 8.62. The third-order valence-electron chi connectivity index (χ3n) is 6.34. The van der Waals surface area contributed by atoms with Gasteiger partial charge in [0.15, 0.2) is 6.29 Å². The van der Waals surface area contributed by atoms with Gasteiger partial charge in [-0.25, -0.2) is 9.97 Å². The fourth-order valence-electron chi connectivity index (χ4n) is 4.62. The summed E-state index contributed by atoms with van der Waals surface area (Å²) in [4.78, 5) is 9.31. The lowest BCUT2D eigenvalue weighted by Gasteiger charge is -2.36. The van der Waals surface area contributed by atoms with Crippen LogP contribution >= 0.6 is 11.6 Å². The number of aromatic nitrogens is 2. The summed E-state index contributed by atoms with van der Waals surface area (Å²) in [6, 6.07) is 18.8. The summed E-state index contributed by atoms with van der Waals surface area (Å²) in [6.07, 6.45) is 6.55. The summed E-state index contributed by atoms with van der Waals surface area (Å²) in [7, 11) is 0. The van der Waals surface area contributed by atoms with Gasteiger partial charge in [-0.2, -0.15) is 0 Å². The number of para-hydroxylation sites is 1. The maximum Gasteiger partial charge on any atom is 0.223 e. The van der Waals surface area contributed by atoms with Gasteiger partial charge in [0.1, 0.15) is 0 Å². The Hall–Kier alpha value is -2.01. The van der Waals surface area contributed by atoms with Gasteiger partial charge in [0.2, 0.25) is 5.28 Å². The van der Waals surface area contributed by atoms with Crippen molar-refractivity contribution in [2.75, 3.05) is 13.2 Å². The molecule has 4 nitrogen and oxygen atoms in total. The van der Waals surface area contributed by atoms with Crippen molar-refractivity contribution in [2.24, 2.45) is 5.92 Å². The zero-order valence-electron chi connectivity index (χ0n) is 17.1. The van der Waals surface area contributed by atoms with E-state index in [1.165, 1.54) is 18.4 Å². The van der Waals surface area contributed by atoms with Crippen LogP contribution in [0, 0.1) is 5.92 Å². The zero-order chi connectivity index (χ0) is 20.4. The molecule has 1 aliphatic carbocycles. The van der Waals surface area contributed by atoms with E-state index in [0.717, 1.165) is 48.9 Å². The molecule has 0 amide bonds. The molecule has 2 atom stereocenters. The van der Waals surface area contributed by atoms with Gasteiger partial charge in [-0.3, -0.25) is 0 Å². The molecule has 2 aromatic carbocycles. The first-order valence-electron chi connectivity index (χ1n) is 11.0. The Labute approximate surface area is 182 Å². The van der Waals surface area contributed by atoms with Gasteiger partial charge in [-0.05, 0) is 54.8 Å². The Balaban J connectivity index is 1.65. The predicted molar refractivity (Wildman–Crippen MR) is 119 cm³/mol. The van der Waals surface area contributed by atoms with E-state index in [4.69, 9.17) is 26.1 Å². The average Bonchev–Trinajstić information content (AvgIpc) is 3.61. The Kier molecular flexibility index (Phi) is 5.72. The summed E-state index contributed by atoms with van der Waals surface area (Å²) in [5.74, 6) is 0.675. The van der Waals surface area contributed by atoms with Crippen LogP contribution in [-0.4, -0.2) is 29.5 Å². The standard InChI is InChI=1S/C25H27ClN2O2/c26-24-27-21-11-5-4-10-20(21)23(28-24)25(16-18-13-14-18,19-8-2-1-3-9-19)17-30-22-12-6-7-15-29-22/h1-5,8-11,18,22H,6-7,12-17H2. The van der Waals surface area contributed by atoms with Crippen molar-refractivity contribution in [3.63, 3.8) is 0 Å². The molecule has 0 spiro atoms. The number of hydrogen-bond donors (Lipinski definition) is 0. The topological polar surface area (TPSA) is 44.2 Å². The molecule has 1 saturated carbocycles. The number of hydrogen-bond acceptors (Lipinski definition) is 4. The first-order valence-corrected chi connectivity index (χ1v) is 11.3. The van der Waals surface area contributed by atoms with E-state index in [2.05, 4.69) is 41.4 Å². The lowest BCUT2D eigenvalue weighted by molar-refractivity contribution is -0.170. The average molecular weight is 423 g/mol. The Bertz CT molecular complexity index is 1000. The minimum absolute atomic E-state index is 0.149. The van der Waals surface area contributed by atoms with Gasteiger partial charge in [0.05, 0.1) is 23.2 Å². The summed E-state index contributed by atoms with van der Waals surface area (Å²) in [5, 5.41) is 1.33. The van der Waals surface area contributed by atoms with Gasteiger partial charge in [-0.1, -0.05) is 61.4 Å². The fourth-order valence-corrected chi connectivity index (χ4v) is 4.80. The molecule has 2 aliphatic rings. The van der Waals surface area contributed by atoms with Crippen molar-refractivity contribution in [3.05, 3.63) is 71.1 Å². The van der Waals surface area contributed by atoms with E-state index < -0.39 is 5.41 Å². The summed E-state index contributed by atoms with van der Waals surface area (Å²) < 4.78 is 12.3. The van der Waals surface area contributed by atoms with Crippen LogP contribution < -0.4 is 0 Å². The number of fused-ring (bicyclic) bond motifs is 1. The molecular weight excluding hydrogens is 396 g/mol. The summed E-state index contributed by atoms with van der Waals surface area (Å²) in [6.45, 7) is 1.30. The van der Waals surface area contributed by atoms with Gasteiger partial charge >= 0.3 is 0 Å². The molecule has 0 N–H and O–H groups in total. The first kappa shape index (κ1) is 19.9. The van der Waals surface area contributed by atoms with Crippen LogP contribution in [0.15, 0.2) is 54.6 Å². The minimum Gasteiger partial charge on any atom is -0.353 e. The molecule has 0 bridgehead atoms. The highest BCUT2D eigenvalue weighted by atomic mass is 35.5. The van der Waals surface area contributed by atoms with E-state index in [1.807, 2.05) is 18.2 Å². The van der Waals surface area contributed by atoms with Crippen LogP contribution in [0.4, 0.5) is 0 Å². The quantitative estimate of drug-likeness (QED) is 0.444. The van der Waals surface area contributed by atoms with Crippen molar-refractivity contribution in [3.8, 4) is 0 Å². The van der Waals surface area contributed by atoms with Crippen molar-refractivity contribution in [1.29, 1.82) is 0 Å². The van der Waals surface area contributed by atoms with Crippen LogP contribution in [0.3, 0.4) is 0 Å². The minimum atomic E-state index is -0.393. The van der Waals surface area contributed by atoms with Gasteiger partial charge in [-0.15, -0.1) is 0 Å². The van der Waals surface area contributed by atoms with E-state index >= 15 is 0 Å². The largest absolute Gasteiger partial charge is 0.353 e. The van der Waals surface area contributed by atoms with Crippen LogP contribution in [-0.2, 0) is 14.9 Å². The third-order valence-corrected chi connectivity index (χ3v) is 6.51. The highest BCUT2D eigenvalue weighted by molar-refractivity contribution is 6.28. The van der Waals surface area contributed by atoms with Crippen molar-refractivity contribution in [2.45, 2.75) is 50.2 Å². The molecule has 2 fully saturated rings. The molecule has 5 heteroatoms. The van der Waals surface area contributed by atoms with Gasteiger partial charge in [0, 0.05) is 12.0 Å². The Morgan fingerprint density at radius 2 is 1.77 bits per heavy atom. The highest BCUT2D eigenvalue weighted by Crippen LogP contribution is 2.47. The monoisotopic (exact) mass is 422 g/mol. The van der Waals surface area contributed by atoms with Crippen LogP contribution in [0.5, 0.6) is 0 Å². The van der Waals surface area contributed by atoms with Gasteiger partial charge < -0.3 is 9.47 Å². The Morgan fingerprint density at radius 3 is 2.53 bits per heavy atom. The summed E-state index contributed by atoms with van der Waals surface area (Å²) in [5.41, 5.74) is 2.66. The second-order valence-electron chi connectivity index (χ2n) is 8.56. The number of halogens is 1. The smallest absolute Gasteiger partial charge is 0.223 e. The molecule has 2 heterocycles. The molecule has 1 aliphatic heterocycles. The molecule has 5 rings (SSSR count). The lowest BCUT2D eigenvalue weighted by Crippen LogP contribution is -2.38. The number of ether oxygens (including phenoxy) is 2. The van der Waals surface area contributed by atoms with Crippen LogP contribution in [0.25, 0.3) is 10.9 Å². The van der Waals surface area contributed by atoms with Crippen molar-refractivity contribution >= 4 is 22.5 Å². The third kappa shape index (κ3) is 4.09. The molecule has 2 unspecified atom stereocenters. The van der Waals surface area contributed by atoms with E-state index in [1.54, 1.807) is 0 Å². The zero-order valence-corrected chi connectivity index (χ0v) is 17.9. The first-order chi connectivity index (χ1) is 14.7. The summed E-state index contributed by atoms with van der Waals surface area (Å²) >= 11 is 6.43. The fraction of sp³-hybridized carbons (Fsp3) is 0.440. The van der Waals surface area contributed by atoms with Crippen molar-refractivity contribution < 1.29 is 9.47 Å². The highest BCUT2D eigenvalue weighted by Gasteiger charge is 2.43. The molecule has 0 radical (unpaired) electrons. The van der Waals surface area contributed by atoms with E-state index in [-0.39, 0.29) is 11.6 Å². The molecule has 1 saturated heterocycles. The van der Waals surface area contributed by atoms with E-state index in [0.29, 0.717) is 12.5 Å². The number of nitrogens with zero attached hydrogens (tertiary/aromatic N) is 2. The SMILES string of the molecule is Clc1nc(C(COC2CCCCO2)(CC2CC2)c2ccccc2)c2ccccc2n1. The van der Waals surface area contributed by atoms with E-state index in [9.17, 15) is 0 Å². The lowest BCUT2D eigenvalue weighted by atomic mass is 9.72. The Morgan fingerprint density at radius 1 is 0.967 bits per heavy atom. The molecule has 3 aromatic rings. The van der Waals surface area contributed by atoms with Crippen LogP contribution in [0.2, 0.25) is 5.28 Å². The maximum absolute atomic E-state index is 6.45. The normalized spacial score (nSPS) is 21.4. The van der Waals surface area contributed by atoms with Crippen molar-refractivity contribution in [1.82, 2.24) is 9.97 Å².